The maximum Gasteiger partial charge on any atom is 4.00 e. The Labute approximate surface area is 116 Å². The summed E-state index contributed by atoms with van der Waals surface area (Å²) in [4.78, 5) is 0. The fraction of sp³-hybridized carbons (Fsp3) is 0.714. The van der Waals surface area contributed by atoms with Gasteiger partial charge in [0.25, 0.3) is 0 Å². The first-order chi connectivity index (χ1) is 6.20. The molecule has 0 radical (unpaired) electrons. The van der Waals surface area contributed by atoms with Gasteiger partial charge in [-0.05, 0) is 0 Å². The molecular formula is C14H32Ti. The van der Waals surface area contributed by atoms with E-state index in [4.69, 9.17) is 0 Å². The number of rotatable bonds is 0. The molecule has 0 aliphatic rings. The van der Waals surface area contributed by atoms with Gasteiger partial charge in [-0.1, -0.05) is 41.5 Å². The summed E-state index contributed by atoms with van der Waals surface area (Å²) in [7, 11) is 0. The second-order valence-electron chi connectivity index (χ2n) is 4.18. The molecule has 1 heteroatoms. The quantitative estimate of drug-likeness (QED) is 0.405. The van der Waals surface area contributed by atoms with Gasteiger partial charge >= 0.3 is 21.7 Å². The molecule has 0 aromatic heterocycles. The van der Waals surface area contributed by atoms with Crippen molar-refractivity contribution in [1.29, 1.82) is 0 Å². The molecule has 0 fully saturated rings. The van der Waals surface area contributed by atoms with Crippen LogP contribution in [0.25, 0.3) is 0 Å². The molecule has 0 nitrogen and oxygen atoms in total. The van der Waals surface area contributed by atoms with Gasteiger partial charge in [-0.25, -0.2) is 0 Å². The summed E-state index contributed by atoms with van der Waals surface area (Å²) in [5, 5.41) is 0. The molecule has 0 bridgehead atoms. The van der Waals surface area contributed by atoms with Crippen molar-refractivity contribution >= 4 is 0 Å². The Morgan fingerprint density at radius 1 is 0.533 bits per heavy atom. The molecule has 0 saturated heterocycles. The summed E-state index contributed by atoms with van der Waals surface area (Å²) in [6, 6.07) is 0. The van der Waals surface area contributed by atoms with Crippen molar-refractivity contribution in [2.24, 2.45) is 17.8 Å². The van der Waals surface area contributed by atoms with E-state index in [-0.39, 0.29) is 21.7 Å². The van der Waals surface area contributed by atoms with Crippen LogP contribution in [0.3, 0.4) is 0 Å². The van der Waals surface area contributed by atoms with Crippen molar-refractivity contribution in [2.45, 2.75) is 48.5 Å². The van der Waals surface area contributed by atoms with Crippen LogP contribution in [0.15, 0.2) is 0 Å². The predicted octanol–water partition coefficient (Wildman–Crippen LogP) is 5.27. The fourth-order valence-electron chi connectivity index (χ4n) is 0. The van der Waals surface area contributed by atoms with E-state index in [0.717, 1.165) is 0 Å². The molecule has 0 rings (SSSR count). The van der Waals surface area contributed by atoms with E-state index in [0.29, 0.717) is 17.8 Å². The third-order valence-electron chi connectivity index (χ3n) is 0. The number of hydrogen-bond acceptors (Lipinski definition) is 0. The van der Waals surface area contributed by atoms with Gasteiger partial charge in [-0.2, -0.15) is 24.7 Å². The Morgan fingerprint density at radius 3 is 0.533 bits per heavy atom. The first kappa shape index (κ1) is 29.6. The molecule has 0 N–H and O–H groups in total. The molecule has 0 aromatic carbocycles. The van der Waals surface area contributed by atoms with Crippen LogP contribution < -0.4 is 0 Å². The second-order valence-corrected chi connectivity index (χ2v) is 4.18. The SMILES string of the molecule is [CH2-]C.[CH2-]C(C)C.[CH2-]C(C)C.[CH2-]C(C)C.[Ti+4]. The molecule has 15 heavy (non-hydrogen) atoms. The molecule has 0 spiro atoms. The zero-order chi connectivity index (χ0) is 12.7. The molecule has 0 aliphatic heterocycles. The van der Waals surface area contributed by atoms with Crippen molar-refractivity contribution in [3.05, 3.63) is 27.7 Å². The second kappa shape index (κ2) is 29.3. The summed E-state index contributed by atoms with van der Waals surface area (Å²) in [5.74, 6) is 1.75. The largest absolute Gasteiger partial charge is 4.00 e. The van der Waals surface area contributed by atoms with Crippen LogP contribution in [0.1, 0.15) is 48.5 Å². The Bertz CT molecular complexity index is 33.8. The van der Waals surface area contributed by atoms with Gasteiger partial charge in [-0.15, -0.1) is 0 Å². The minimum atomic E-state index is 0. The monoisotopic (exact) mass is 248 g/mol. The van der Waals surface area contributed by atoms with E-state index >= 15 is 0 Å². The zero-order valence-corrected chi connectivity index (χ0v) is 13.6. The van der Waals surface area contributed by atoms with Crippen molar-refractivity contribution in [3.8, 4) is 0 Å². The van der Waals surface area contributed by atoms with Gasteiger partial charge in [0, 0.05) is 0 Å². The van der Waals surface area contributed by atoms with E-state index < -0.39 is 0 Å². The molecule has 0 amide bonds. The molecular weight excluding hydrogens is 216 g/mol. The molecule has 0 unspecified atom stereocenters. The summed E-state index contributed by atoms with van der Waals surface area (Å²) in [6.07, 6.45) is 0. The van der Waals surface area contributed by atoms with Crippen LogP contribution in [0.2, 0.25) is 0 Å². The normalized spacial score (nSPS) is 7.60. The topological polar surface area (TPSA) is 0 Å². The van der Waals surface area contributed by atoms with Crippen LogP contribution in [0.5, 0.6) is 0 Å². The van der Waals surface area contributed by atoms with Gasteiger partial charge < -0.3 is 27.7 Å². The predicted molar refractivity (Wildman–Crippen MR) is 71.6 cm³/mol. The minimum Gasteiger partial charge on any atom is -0.346 e. The van der Waals surface area contributed by atoms with Crippen LogP contribution in [0, 0.1) is 45.4 Å². The Morgan fingerprint density at radius 2 is 0.533 bits per heavy atom. The summed E-state index contributed by atoms with van der Waals surface area (Å²) in [6.45, 7) is 28.2. The third kappa shape index (κ3) is 4660. The molecule has 0 aromatic rings. The van der Waals surface area contributed by atoms with Gasteiger partial charge in [-0.3, -0.25) is 0 Å². The van der Waals surface area contributed by atoms with E-state index in [1.54, 1.807) is 6.92 Å². The summed E-state index contributed by atoms with van der Waals surface area (Å²) in [5.41, 5.74) is 0. The van der Waals surface area contributed by atoms with Gasteiger partial charge in [0.1, 0.15) is 0 Å². The molecule has 0 aliphatic carbocycles. The molecule has 0 heterocycles. The smallest absolute Gasteiger partial charge is 0.346 e. The van der Waals surface area contributed by atoms with E-state index in [1.807, 2.05) is 0 Å². The first-order valence-electron chi connectivity index (χ1n) is 5.40. The Kier molecular flexibility index (Phi) is 57.9. The fourth-order valence-corrected chi connectivity index (χ4v) is 0. The first-order valence-corrected chi connectivity index (χ1v) is 5.40. The average Bonchev–Trinajstić information content (AvgIpc) is 1.86. The van der Waals surface area contributed by atoms with E-state index in [9.17, 15) is 0 Å². The molecule has 92 valence electrons. The van der Waals surface area contributed by atoms with Crippen molar-refractivity contribution < 1.29 is 21.7 Å². The Balaban J connectivity index is -0.0000000298. The minimum absolute atomic E-state index is 0. The standard InChI is InChI=1S/3C4H9.C2H5.Ti/c3*1-4(2)3;1-2;/h3*4H,1H2,2-3H3;1H2,2H3;/q4*-1;+4. The molecule has 0 saturated carbocycles. The van der Waals surface area contributed by atoms with Gasteiger partial charge in [0.2, 0.25) is 0 Å². The maximum atomic E-state index is 3.64. The van der Waals surface area contributed by atoms with Gasteiger partial charge in [0.15, 0.2) is 0 Å². The molecule has 0 atom stereocenters. The third-order valence-corrected chi connectivity index (χ3v) is 0. The van der Waals surface area contributed by atoms with Gasteiger partial charge in [0.05, 0.1) is 0 Å². The zero-order valence-electron chi connectivity index (χ0n) is 12.1. The Hall–Kier alpha value is 0.714. The van der Waals surface area contributed by atoms with Crippen LogP contribution in [-0.4, -0.2) is 0 Å². The van der Waals surface area contributed by atoms with Crippen LogP contribution in [-0.2, 0) is 21.7 Å². The van der Waals surface area contributed by atoms with Crippen molar-refractivity contribution in [1.82, 2.24) is 0 Å². The van der Waals surface area contributed by atoms with Crippen molar-refractivity contribution in [3.63, 3.8) is 0 Å². The van der Waals surface area contributed by atoms with Crippen LogP contribution >= 0.6 is 0 Å². The van der Waals surface area contributed by atoms with E-state index in [1.165, 1.54) is 0 Å². The van der Waals surface area contributed by atoms with Crippen LogP contribution in [0.4, 0.5) is 0 Å². The summed E-state index contributed by atoms with van der Waals surface area (Å²) >= 11 is 0. The summed E-state index contributed by atoms with van der Waals surface area (Å²) < 4.78 is 0. The van der Waals surface area contributed by atoms with E-state index in [2.05, 4.69) is 69.2 Å². The average molecular weight is 248 g/mol. The maximum absolute atomic E-state index is 3.64. The van der Waals surface area contributed by atoms with Crippen molar-refractivity contribution in [2.75, 3.05) is 0 Å². The number of hydrogen-bond donors (Lipinski definition) is 0.